The number of fused-ring (bicyclic) bond motifs is 1. The minimum absolute atomic E-state index is 0. The van der Waals surface area contributed by atoms with Gasteiger partial charge >= 0.3 is 0 Å². The van der Waals surface area contributed by atoms with Gasteiger partial charge in [-0.2, -0.15) is 4.31 Å². The normalized spacial score (nSPS) is 18.3. The Morgan fingerprint density at radius 3 is 2.88 bits per heavy atom. The Balaban J connectivity index is 0.00000243. The standard InChI is InChI=1S/C17H22N4O3S.ClH/c18-8-10-20-17(22)13-4-3-11-21(12-13)25(23,24)16-7-1-6-15-14(16)5-2-9-19-15;/h1-2,5-7,9,13H,3-4,8,10-12,18H2,(H,20,22);1H. The molecule has 0 bridgehead atoms. The van der Waals surface area contributed by atoms with Gasteiger partial charge in [0, 0.05) is 37.8 Å². The van der Waals surface area contributed by atoms with Crippen LogP contribution >= 0.6 is 12.4 Å². The fourth-order valence-electron chi connectivity index (χ4n) is 3.15. The molecule has 2 aromatic rings. The lowest BCUT2D eigenvalue weighted by Crippen LogP contribution is -2.46. The highest BCUT2D eigenvalue weighted by molar-refractivity contribution is 7.89. The second kappa shape index (κ2) is 8.77. The van der Waals surface area contributed by atoms with Crippen LogP contribution in [0.5, 0.6) is 0 Å². The van der Waals surface area contributed by atoms with E-state index in [2.05, 4.69) is 10.3 Å². The maximum atomic E-state index is 13.1. The summed E-state index contributed by atoms with van der Waals surface area (Å²) < 4.78 is 27.7. The largest absolute Gasteiger partial charge is 0.355 e. The number of sulfonamides is 1. The highest BCUT2D eigenvalue weighted by atomic mass is 35.5. The third-order valence-electron chi connectivity index (χ3n) is 4.42. The zero-order chi connectivity index (χ0) is 17.9. The first kappa shape index (κ1) is 20.6. The van der Waals surface area contributed by atoms with Crippen molar-refractivity contribution in [3.05, 3.63) is 36.5 Å². The maximum Gasteiger partial charge on any atom is 0.243 e. The van der Waals surface area contributed by atoms with Crippen LogP contribution in [-0.2, 0) is 14.8 Å². The summed E-state index contributed by atoms with van der Waals surface area (Å²) in [6, 6.07) is 8.55. The van der Waals surface area contributed by atoms with Crippen LogP contribution in [-0.4, -0.2) is 49.8 Å². The lowest BCUT2D eigenvalue weighted by Gasteiger charge is -2.31. The predicted molar refractivity (Wildman–Crippen MR) is 103 cm³/mol. The van der Waals surface area contributed by atoms with E-state index >= 15 is 0 Å². The van der Waals surface area contributed by atoms with Crippen LogP contribution in [0.15, 0.2) is 41.4 Å². The molecular weight excluding hydrogens is 376 g/mol. The molecule has 7 nitrogen and oxygen atoms in total. The Morgan fingerprint density at radius 1 is 1.31 bits per heavy atom. The molecule has 0 saturated carbocycles. The van der Waals surface area contributed by atoms with Gasteiger partial charge < -0.3 is 11.1 Å². The lowest BCUT2D eigenvalue weighted by molar-refractivity contribution is -0.126. The molecule has 0 aliphatic carbocycles. The van der Waals surface area contributed by atoms with Crippen molar-refractivity contribution < 1.29 is 13.2 Å². The quantitative estimate of drug-likeness (QED) is 0.785. The van der Waals surface area contributed by atoms with Crippen LogP contribution in [0.4, 0.5) is 0 Å². The van der Waals surface area contributed by atoms with Gasteiger partial charge in [0.25, 0.3) is 0 Å². The third-order valence-corrected chi connectivity index (χ3v) is 6.35. The van der Waals surface area contributed by atoms with E-state index in [-0.39, 0.29) is 35.7 Å². The summed E-state index contributed by atoms with van der Waals surface area (Å²) in [6.45, 7) is 1.37. The number of hydrogen-bond acceptors (Lipinski definition) is 5. The second-order valence-electron chi connectivity index (χ2n) is 6.11. The first-order valence-corrected chi connectivity index (χ1v) is 9.79. The number of carbonyl (C=O) groups is 1. The number of benzene rings is 1. The monoisotopic (exact) mass is 398 g/mol. The van der Waals surface area contributed by atoms with Crippen molar-refractivity contribution in [2.75, 3.05) is 26.2 Å². The van der Waals surface area contributed by atoms with Gasteiger partial charge in [0.05, 0.1) is 16.3 Å². The number of carbonyl (C=O) groups excluding carboxylic acids is 1. The van der Waals surface area contributed by atoms with E-state index in [1.807, 2.05) is 0 Å². The van der Waals surface area contributed by atoms with Gasteiger partial charge in [0.15, 0.2) is 0 Å². The van der Waals surface area contributed by atoms with Gasteiger partial charge in [-0.1, -0.05) is 6.07 Å². The number of hydrogen-bond donors (Lipinski definition) is 2. The van der Waals surface area contributed by atoms with Crippen LogP contribution in [0.3, 0.4) is 0 Å². The van der Waals surface area contributed by atoms with Gasteiger partial charge in [-0.05, 0) is 37.1 Å². The number of aromatic nitrogens is 1. The van der Waals surface area contributed by atoms with Crippen molar-refractivity contribution in [2.45, 2.75) is 17.7 Å². The molecule has 1 aromatic heterocycles. The number of nitrogens with one attached hydrogen (secondary N) is 1. The first-order chi connectivity index (χ1) is 12.0. The molecule has 2 heterocycles. The summed E-state index contributed by atoms with van der Waals surface area (Å²) >= 11 is 0. The molecule has 0 radical (unpaired) electrons. The number of nitrogens with zero attached hydrogens (tertiary/aromatic N) is 2. The minimum atomic E-state index is -3.69. The Bertz CT molecular complexity index is 870. The molecule has 1 aromatic carbocycles. The number of pyridine rings is 1. The molecule has 1 aliphatic rings. The number of nitrogens with two attached hydrogens (primary N) is 1. The average Bonchev–Trinajstić information content (AvgIpc) is 2.65. The number of piperidine rings is 1. The second-order valence-corrected chi connectivity index (χ2v) is 8.01. The SMILES string of the molecule is Cl.NCCNC(=O)C1CCCN(S(=O)(=O)c2cccc3ncccc23)C1. The summed E-state index contributed by atoms with van der Waals surface area (Å²) in [5.74, 6) is -0.479. The van der Waals surface area contributed by atoms with E-state index in [1.165, 1.54) is 4.31 Å². The van der Waals surface area contributed by atoms with Gasteiger partial charge in [-0.15, -0.1) is 12.4 Å². The number of rotatable bonds is 5. The summed E-state index contributed by atoms with van der Waals surface area (Å²) in [4.78, 5) is 16.6. The Labute approximate surface area is 159 Å². The zero-order valence-corrected chi connectivity index (χ0v) is 15.9. The van der Waals surface area contributed by atoms with Crippen molar-refractivity contribution in [3.8, 4) is 0 Å². The van der Waals surface area contributed by atoms with Crippen molar-refractivity contribution >= 4 is 39.2 Å². The van der Waals surface area contributed by atoms with E-state index in [9.17, 15) is 13.2 Å². The Morgan fingerprint density at radius 2 is 2.12 bits per heavy atom. The van der Waals surface area contributed by atoms with Crippen molar-refractivity contribution in [1.82, 2.24) is 14.6 Å². The van der Waals surface area contributed by atoms with Gasteiger partial charge in [0.2, 0.25) is 15.9 Å². The molecule has 1 fully saturated rings. The number of halogens is 1. The van der Waals surface area contributed by atoms with E-state index in [1.54, 1.807) is 36.5 Å². The highest BCUT2D eigenvalue weighted by Crippen LogP contribution is 2.28. The molecule has 1 atom stereocenters. The molecule has 142 valence electrons. The van der Waals surface area contributed by atoms with Crippen LogP contribution in [0, 0.1) is 5.92 Å². The topological polar surface area (TPSA) is 105 Å². The van der Waals surface area contributed by atoms with Gasteiger partial charge in [-0.3, -0.25) is 9.78 Å². The molecule has 3 rings (SSSR count). The molecule has 1 aliphatic heterocycles. The van der Waals surface area contributed by atoms with E-state index in [0.717, 1.165) is 0 Å². The Hall–Kier alpha value is -1.74. The van der Waals surface area contributed by atoms with E-state index in [4.69, 9.17) is 5.73 Å². The zero-order valence-electron chi connectivity index (χ0n) is 14.3. The molecule has 9 heteroatoms. The smallest absolute Gasteiger partial charge is 0.243 e. The maximum absolute atomic E-state index is 13.1. The van der Waals surface area contributed by atoms with Crippen molar-refractivity contribution in [1.29, 1.82) is 0 Å². The molecule has 3 N–H and O–H groups in total. The minimum Gasteiger partial charge on any atom is -0.355 e. The number of amides is 1. The van der Waals surface area contributed by atoms with Crippen LogP contribution in [0.1, 0.15) is 12.8 Å². The first-order valence-electron chi connectivity index (χ1n) is 8.35. The van der Waals surface area contributed by atoms with E-state index in [0.29, 0.717) is 43.4 Å². The summed E-state index contributed by atoms with van der Waals surface area (Å²) in [5, 5.41) is 3.34. The fraction of sp³-hybridized carbons (Fsp3) is 0.412. The average molecular weight is 399 g/mol. The molecule has 1 saturated heterocycles. The van der Waals surface area contributed by atoms with Crippen LogP contribution in [0.25, 0.3) is 10.9 Å². The molecular formula is C17H23ClN4O3S. The lowest BCUT2D eigenvalue weighted by atomic mass is 9.99. The summed E-state index contributed by atoms with van der Waals surface area (Å²) in [7, 11) is -3.69. The summed E-state index contributed by atoms with van der Waals surface area (Å²) in [6.07, 6.45) is 2.97. The molecule has 26 heavy (non-hydrogen) atoms. The van der Waals surface area contributed by atoms with E-state index < -0.39 is 10.0 Å². The third kappa shape index (κ3) is 4.15. The molecule has 1 unspecified atom stereocenters. The van der Waals surface area contributed by atoms with Crippen LogP contribution < -0.4 is 11.1 Å². The highest BCUT2D eigenvalue weighted by Gasteiger charge is 2.33. The van der Waals surface area contributed by atoms with Gasteiger partial charge in [-0.25, -0.2) is 8.42 Å². The van der Waals surface area contributed by atoms with Crippen molar-refractivity contribution in [2.24, 2.45) is 11.7 Å². The summed E-state index contributed by atoms with van der Waals surface area (Å²) in [5.41, 5.74) is 6.04. The molecule has 0 spiro atoms. The van der Waals surface area contributed by atoms with Crippen LogP contribution in [0.2, 0.25) is 0 Å². The molecule has 1 amide bonds. The van der Waals surface area contributed by atoms with Gasteiger partial charge in [0.1, 0.15) is 0 Å². The predicted octanol–water partition coefficient (Wildman–Crippen LogP) is 1.13. The Kier molecular flexibility index (Phi) is 6.94. The fourth-order valence-corrected chi connectivity index (χ4v) is 4.88. The van der Waals surface area contributed by atoms with Crippen molar-refractivity contribution in [3.63, 3.8) is 0 Å².